The van der Waals surface area contributed by atoms with E-state index in [1.54, 1.807) is 13.8 Å². The number of carbonyl (C=O) groups is 1. The van der Waals surface area contributed by atoms with Crippen molar-refractivity contribution in [3.05, 3.63) is 60.7 Å². The zero-order valence-electron chi connectivity index (χ0n) is 21.3. The average molecular weight is 521 g/mol. The Morgan fingerprint density at radius 2 is 1.43 bits per heavy atom. The SMILES string of the molecule is CCOP(=O)(OCC)OC[C@@H]1C[C@@H](O[Si](c2ccccc2)(c2ccccc2)C(C)(C)C)CC(=O)O1. The molecule has 7 nitrogen and oxygen atoms in total. The predicted molar refractivity (Wildman–Crippen MR) is 138 cm³/mol. The van der Waals surface area contributed by atoms with Gasteiger partial charge >= 0.3 is 13.8 Å². The van der Waals surface area contributed by atoms with Gasteiger partial charge in [0.05, 0.1) is 32.3 Å². The molecule has 3 rings (SSSR count). The van der Waals surface area contributed by atoms with Gasteiger partial charge in [-0.05, 0) is 29.3 Å². The van der Waals surface area contributed by atoms with Crippen LogP contribution in [-0.4, -0.2) is 46.3 Å². The Morgan fingerprint density at radius 3 is 1.89 bits per heavy atom. The molecule has 1 saturated heterocycles. The first-order valence-electron chi connectivity index (χ1n) is 12.2. The number of esters is 1. The molecule has 2 aromatic rings. The van der Waals surface area contributed by atoms with E-state index < -0.39 is 22.2 Å². The second-order valence-electron chi connectivity index (χ2n) is 9.53. The van der Waals surface area contributed by atoms with Gasteiger partial charge in [0.15, 0.2) is 0 Å². The van der Waals surface area contributed by atoms with Crippen molar-refractivity contribution in [2.75, 3.05) is 19.8 Å². The highest BCUT2D eigenvalue weighted by Gasteiger charge is 2.52. The first-order valence-corrected chi connectivity index (χ1v) is 15.5. The summed E-state index contributed by atoms with van der Waals surface area (Å²) in [4.78, 5) is 12.6. The largest absolute Gasteiger partial charge is 0.474 e. The van der Waals surface area contributed by atoms with E-state index in [9.17, 15) is 9.36 Å². The second-order valence-corrected chi connectivity index (χ2v) is 15.5. The van der Waals surface area contributed by atoms with Crippen LogP contribution in [0.3, 0.4) is 0 Å². The summed E-state index contributed by atoms with van der Waals surface area (Å²) in [5, 5.41) is 2.06. The third-order valence-electron chi connectivity index (χ3n) is 5.97. The third-order valence-corrected chi connectivity index (χ3v) is 12.7. The maximum atomic E-state index is 12.7. The predicted octanol–water partition coefficient (Wildman–Crippen LogP) is 4.83. The third kappa shape index (κ3) is 6.70. The lowest BCUT2D eigenvalue weighted by Gasteiger charge is -2.46. The monoisotopic (exact) mass is 520 g/mol. The van der Waals surface area contributed by atoms with Gasteiger partial charge in [-0.15, -0.1) is 0 Å². The zero-order valence-corrected chi connectivity index (χ0v) is 23.2. The van der Waals surface area contributed by atoms with Crippen molar-refractivity contribution >= 4 is 32.5 Å². The number of rotatable bonds is 11. The zero-order chi connectivity index (χ0) is 25.5. The Balaban J connectivity index is 1.90. The van der Waals surface area contributed by atoms with Gasteiger partial charge in [-0.2, -0.15) is 0 Å². The lowest BCUT2D eigenvalue weighted by Crippen LogP contribution is -2.68. The molecule has 192 valence electrons. The van der Waals surface area contributed by atoms with Crippen LogP contribution in [0.2, 0.25) is 5.04 Å². The Morgan fingerprint density at radius 1 is 0.914 bits per heavy atom. The lowest BCUT2D eigenvalue weighted by molar-refractivity contribution is -0.161. The van der Waals surface area contributed by atoms with E-state index in [1.807, 2.05) is 36.4 Å². The van der Waals surface area contributed by atoms with Crippen LogP contribution < -0.4 is 10.4 Å². The highest BCUT2D eigenvalue weighted by atomic mass is 31.2. The molecule has 1 fully saturated rings. The number of benzene rings is 2. The smallest absolute Gasteiger partial charge is 0.460 e. The maximum absolute atomic E-state index is 12.7. The number of phosphoric ester groups is 1. The van der Waals surface area contributed by atoms with Crippen molar-refractivity contribution < 1.29 is 32.1 Å². The Kier molecular flexibility index (Phi) is 9.49. The molecule has 1 aliphatic heterocycles. The van der Waals surface area contributed by atoms with Crippen molar-refractivity contribution in [3.8, 4) is 0 Å². The van der Waals surface area contributed by atoms with E-state index in [0.717, 1.165) is 10.4 Å². The molecule has 0 bridgehead atoms. The van der Waals surface area contributed by atoms with Crippen LogP contribution in [0.25, 0.3) is 0 Å². The summed E-state index contributed by atoms with van der Waals surface area (Å²) in [6.07, 6.45) is -0.423. The van der Waals surface area contributed by atoms with Gasteiger partial charge in [0.25, 0.3) is 8.32 Å². The summed E-state index contributed by atoms with van der Waals surface area (Å²) in [7, 11) is -6.55. The minimum Gasteiger partial charge on any atom is -0.460 e. The summed E-state index contributed by atoms with van der Waals surface area (Å²) < 4.78 is 41.2. The molecule has 2 aromatic carbocycles. The van der Waals surface area contributed by atoms with Crippen molar-refractivity contribution in [2.45, 2.75) is 64.7 Å². The van der Waals surface area contributed by atoms with E-state index in [-0.39, 0.29) is 43.4 Å². The van der Waals surface area contributed by atoms with Crippen LogP contribution in [0, 0.1) is 0 Å². The maximum Gasteiger partial charge on any atom is 0.474 e. The topological polar surface area (TPSA) is 80.3 Å². The highest BCUT2D eigenvalue weighted by Crippen LogP contribution is 2.49. The minimum absolute atomic E-state index is 0.0936. The second kappa shape index (κ2) is 12.0. The number of carbonyl (C=O) groups excluding carboxylic acids is 1. The quantitative estimate of drug-likeness (QED) is 0.238. The molecular weight excluding hydrogens is 483 g/mol. The number of hydrogen-bond donors (Lipinski definition) is 0. The summed E-state index contributed by atoms with van der Waals surface area (Å²) in [5.41, 5.74) is 0. The van der Waals surface area contributed by atoms with E-state index in [0.29, 0.717) is 6.42 Å². The van der Waals surface area contributed by atoms with Crippen LogP contribution in [0.15, 0.2) is 60.7 Å². The Labute approximate surface area is 209 Å². The fourth-order valence-corrected chi connectivity index (χ4v) is 10.5. The molecule has 2 atom stereocenters. The van der Waals surface area contributed by atoms with Gasteiger partial charge in [-0.1, -0.05) is 81.4 Å². The molecule has 1 heterocycles. The summed E-state index contributed by atoms with van der Waals surface area (Å²) >= 11 is 0. The average Bonchev–Trinajstić information content (AvgIpc) is 2.82. The van der Waals surface area contributed by atoms with Gasteiger partial charge in [-0.3, -0.25) is 18.4 Å². The fraction of sp³-hybridized carbons (Fsp3) is 0.500. The first-order chi connectivity index (χ1) is 16.6. The number of hydrogen-bond acceptors (Lipinski definition) is 7. The molecular formula is C26H37O7PSi. The fourth-order valence-electron chi connectivity index (χ4n) is 4.58. The van der Waals surface area contributed by atoms with E-state index in [1.165, 1.54) is 0 Å². The summed E-state index contributed by atoms with van der Waals surface area (Å²) in [6, 6.07) is 20.6. The molecule has 0 saturated carbocycles. The Bertz CT molecular complexity index is 944. The standard InChI is InChI=1S/C26H37O7PSi/c1-6-29-34(28,30-7-2)31-20-22-18-21(19-25(27)32-22)33-35(26(3,4)5,23-14-10-8-11-15-23)24-16-12-9-13-17-24/h8-17,21-22H,6-7,18-20H2,1-5H3/t21-,22+/m1/s1. The van der Waals surface area contributed by atoms with Crippen LogP contribution in [0.4, 0.5) is 0 Å². The molecule has 0 amide bonds. The normalized spacial score (nSPS) is 19.4. The van der Waals surface area contributed by atoms with Crippen LogP contribution in [0.1, 0.15) is 47.5 Å². The van der Waals surface area contributed by atoms with E-state index in [4.69, 9.17) is 22.7 Å². The molecule has 9 heteroatoms. The van der Waals surface area contributed by atoms with Crippen LogP contribution in [-0.2, 0) is 32.1 Å². The van der Waals surface area contributed by atoms with Gasteiger partial charge in [-0.25, -0.2) is 4.57 Å². The van der Waals surface area contributed by atoms with Crippen molar-refractivity contribution in [2.24, 2.45) is 0 Å². The van der Waals surface area contributed by atoms with Gasteiger partial charge < -0.3 is 9.16 Å². The summed E-state index contributed by atoms with van der Waals surface area (Å²) in [5.74, 6) is -0.365. The van der Waals surface area contributed by atoms with E-state index >= 15 is 0 Å². The molecule has 0 radical (unpaired) electrons. The minimum atomic E-state index is -3.71. The van der Waals surface area contributed by atoms with Crippen molar-refractivity contribution in [1.29, 1.82) is 0 Å². The van der Waals surface area contributed by atoms with Gasteiger partial charge in [0.1, 0.15) is 6.10 Å². The Hall–Kier alpha value is -1.80. The van der Waals surface area contributed by atoms with Crippen LogP contribution in [0.5, 0.6) is 0 Å². The molecule has 0 aromatic heterocycles. The summed E-state index contributed by atoms with van der Waals surface area (Å²) in [6.45, 7) is 10.3. The number of ether oxygens (including phenoxy) is 1. The molecule has 0 unspecified atom stereocenters. The number of cyclic esters (lactones) is 1. The van der Waals surface area contributed by atoms with E-state index in [2.05, 4.69) is 45.0 Å². The van der Waals surface area contributed by atoms with Crippen LogP contribution >= 0.6 is 7.82 Å². The molecule has 0 aliphatic carbocycles. The number of phosphoric acid groups is 1. The molecule has 0 N–H and O–H groups in total. The molecule has 35 heavy (non-hydrogen) atoms. The first kappa shape index (κ1) is 27.8. The molecule has 1 aliphatic rings. The highest BCUT2D eigenvalue weighted by molar-refractivity contribution is 7.48. The van der Waals surface area contributed by atoms with Gasteiger partial charge in [0.2, 0.25) is 0 Å². The lowest BCUT2D eigenvalue weighted by atomic mass is 10.1. The van der Waals surface area contributed by atoms with Gasteiger partial charge in [0, 0.05) is 6.42 Å². The van der Waals surface area contributed by atoms with Crippen molar-refractivity contribution in [1.82, 2.24) is 0 Å². The van der Waals surface area contributed by atoms with Crippen molar-refractivity contribution in [3.63, 3.8) is 0 Å². The molecule has 0 spiro atoms.